The van der Waals surface area contributed by atoms with Gasteiger partial charge in [-0.25, -0.2) is 0 Å². The molecule has 1 aromatic rings. The monoisotopic (exact) mass is 359 g/mol. The van der Waals surface area contributed by atoms with Gasteiger partial charge in [-0.05, 0) is 68.7 Å². The van der Waals surface area contributed by atoms with E-state index in [-0.39, 0.29) is 11.5 Å². The summed E-state index contributed by atoms with van der Waals surface area (Å²) in [6.45, 7) is 2.37. The van der Waals surface area contributed by atoms with E-state index in [0.29, 0.717) is 6.04 Å². The highest BCUT2D eigenvalue weighted by atomic mass is 16.5. The van der Waals surface area contributed by atoms with Crippen LogP contribution in [0.4, 0.5) is 0 Å². The Balaban J connectivity index is 1.63. The van der Waals surface area contributed by atoms with Gasteiger partial charge in [-0.1, -0.05) is 18.9 Å². The average molecular weight is 360 g/mol. The fourth-order valence-corrected chi connectivity index (χ4v) is 5.85. The molecule has 144 valence electrons. The van der Waals surface area contributed by atoms with Crippen molar-refractivity contribution in [3.05, 3.63) is 23.8 Å². The maximum absolute atomic E-state index is 10.4. The third kappa shape index (κ3) is 3.11. The second kappa shape index (κ2) is 7.40. The highest BCUT2D eigenvalue weighted by Crippen LogP contribution is 2.50. The van der Waals surface area contributed by atoms with Crippen molar-refractivity contribution in [2.75, 3.05) is 27.3 Å². The average Bonchev–Trinajstić information content (AvgIpc) is 3.30. The molecule has 1 saturated heterocycles. The summed E-state index contributed by atoms with van der Waals surface area (Å²) < 4.78 is 11.0. The number of rotatable bonds is 5. The Morgan fingerprint density at radius 2 is 1.85 bits per heavy atom. The zero-order valence-corrected chi connectivity index (χ0v) is 16.2. The molecule has 26 heavy (non-hydrogen) atoms. The Hall–Kier alpha value is -1.26. The number of fused-ring (bicyclic) bond motifs is 1. The predicted octanol–water partition coefficient (Wildman–Crippen LogP) is 3.75. The molecule has 1 N–H and O–H groups in total. The molecule has 0 unspecified atom stereocenters. The largest absolute Gasteiger partial charge is 0.493 e. The van der Waals surface area contributed by atoms with Crippen molar-refractivity contribution >= 4 is 0 Å². The lowest BCUT2D eigenvalue weighted by Gasteiger charge is -2.44. The normalized spacial score (nSPS) is 32.6. The van der Waals surface area contributed by atoms with E-state index in [1.807, 2.05) is 6.07 Å². The smallest absolute Gasteiger partial charge is 0.161 e. The molecule has 0 radical (unpaired) electrons. The number of hydrogen-bond donors (Lipinski definition) is 1. The Morgan fingerprint density at radius 1 is 1.08 bits per heavy atom. The van der Waals surface area contributed by atoms with Crippen molar-refractivity contribution in [3.63, 3.8) is 0 Å². The Kier molecular flexibility index (Phi) is 5.15. The summed E-state index contributed by atoms with van der Waals surface area (Å²) >= 11 is 0. The number of aliphatic hydroxyl groups excluding tert-OH is 1. The number of methoxy groups -OCH3 is 2. The number of ether oxygens (including phenoxy) is 2. The minimum Gasteiger partial charge on any atom is -0.493 e. The molecule has 4 rings (SSSR count). The van der Waals surface area contributed by atoms with Gasteiger partial charge in [-0.2, -0.15) is 0 Å². The van der Waals surface area contributed by atoms with Crippen LogP contribution in [0.5, 0.6) is 11.5 Å². The van der Waals surface area contributed by atoms with Crippen LogP contribution in [-0.4, -0.2) is 49.5 Å². The molecule has 0 bridgehead atoms. The van der Waals surface area contributed by atoms with E-state index in [9.17, 15) is 5.11 Å². The zero-order valence-electron chi connectivity index (χ0n) is 16.2. The summed E-state index contributed by atoms with van der Waals surface area (Å²) in [6, 6.07) is 6.91. The molecule has 1 aliphatic heterocycles. The minimum atomic E-state index is -0.155. The van der Waals surface area contributed by atoms with Gasteiger partial charge >= 0.3 is 0 Å². The van der Waals surface area contributed by atoms with Crippen LogP contribution < -0.4 is 9.47 Å². The minimum absolute atomic E-state index is 0.150. The highest BCUT2D eigenvalue weighted by molar-refractivity contribution is 5.46. The summed E-state index contributed by atoms with van der Waals surface area (Å²) in [6.07, 6.45) is 9.46. The van der Waals surface area contributed by atoms with Gasteiger partial charge in [0.05, 0.1) is 20.3 Å². The van der Waals surface area contributed by atoms with E-state index < -0.39 is 0 Å². The van der Waals surface area contributed by atoms with Crippen molar-refractivity contribution < 1.29 is 14.6 Å². The SMILES string of the molecule is COc1ccc([C@@]23CC[C@H](O)C[C@@H]2N(CC2CCCC2)CC3)cc1OC. The van der Waals surface area contributed by atoms with Crippen molar-refractivity contribution in [1.29, 1.82) is 0 Å². The molecular formula is C22H33NO3. The Morgan fingerprint density at radius 3 is 2.58 bits per heavy atom. The number of likely N-dealkylation sites (tertiary alicyclic amines) is 1. The van der Waals surface area contributed by atoms with Crippen LogP contribution in [0.15, 0.2) is 18.2 Å². The van der Waals surface area contributed by atoms with Gasteiger partial charge in [0.15, 0.2) is 11.5 Å². The molecule has 3 fully saturated rings. The summed E-state index contributed by atoms with van der Waals surface area (Å²) in [5, 5.41) is 10.4. The Bertz CT molecular complexity index is 628. The molecule has 1 aromatic carbocycles. The quantitative estimate of drug-likeness (QED) is 0.869. The molecule has 1 heterocycles. The summed E-state index contributed by atoms with van der Waals surface area (Å²) in [4.78, 5) is 2.70. The second-order valence-corrected chi connectivity index (χ2v) is 8.57. The van der Waals surface area contributed by atoms with E-state index in [0.717, 1.165) is 43.2 Å². The summed E-state index contributed by atoms with van der Waals surface area (Å²) in [5.74, 6) is 2.47. The maximum atomic E-state index is 10.4. The lowest BCUT2D eigenvalue weighted by Crippen LogP contribution is -2.49. The molecule has 3 atom stereocenters. The molecule has 2 saturated carbocycles. The molecule has 3 aliphatic rings. The van der Waals surface area contributed by atoms with E-state index in [4.69, 9.17) is 9.47 Å². The van der Waals surface area contributed by atoms with Crippen LogP contribution in [0.2, 0.25) is 0 Å². The van der Waals surface area contributed by atoms with E-state index in [1.165, 1.54) is 44.2 Å². The van der Waals surface area contributed by atoms with Gasteiger partial charge in [0, 0.05) is 18.0 Å². The Labute approximate surface area is 157 Å². The first-order valence-electron chi connectivity index (χ1n) is 10.3. The second-order valence-electron chi connectivity index (χ2n) is 8.57. The third-order valence-electron chi connectivity index (χ3n) is 7.27. The fraction of sp³-hybridized carbons (Fsp3) is 0.727. The first kappa shape index (κ1) is 18.1. The summed E-state index contributed by atoms with van der Waals surface area (Å²) in [7, 11) is 3.40. The molecule has 4 nitrogen and oxygen atoms in total. The van der Waals surface area contributed by atoms with Gasteiger partial charge in [0.2, 0.25) is 0 Å². The predicted molar refractivity (Wildman–Crippen MR) is 103 cm³/mol. The van der Waals surface area contributed by atoms with Gasteiger partial charge in [0.25, 0.3) is 0 Å². The van der Waals surface area contributed by atoms with Crippen LogP contribution in [0.25, 0.3) is 0 Å². The van der Waals surface area contributed by atoms with Crippen molar-refractivity contribution in [2.45, 2.75) is 68.9 Å². The molecule has 2 aliphatic carbocycles. The van der Waals surface area contributed by atoms with Crippen LogP contribution in [0.3, 0.4) is 0 Å². The van der Waals surface area contributed by atoms with Crippen LogP contribution in [-0.2, 0) is 5.41 Å². The van der Waals surface area contributed by atoms with Crippen LogP contribution >= 0.6 is 0 Å². The van der Waals surface area contributed by atoms with Gasteiger partial charge in [0.1, 0.15) is 0 Å². The lowest BCUT2D eigenvalue weighted by molar-refractivity contribution is 0.0443. The molecule has 0 amide bonds. The zero-order chi connectivity index (χ0) is 18.1. The lowest BCUT2D eigenvalue weighted by atomic mass is 9.65. The molecule has 4 heteroatoms. The molecule has 0 aromatic heterocycles. The van der Waals surface area contributed by atoms with Crippen molar-refractivity contribution in [3.8, 4) is 11.5 Å². The van der Waals surface area contributed by atoms with E-state index >= 15 is 0 Å². The van der Waals surface area contributed by atoms with Crippen LogP contribution in [0, 0.1) is 5.92 Å². The van der Waals surface area contributed by atoms with Gasteiger partial charge < -0.3 is 14.6 Å². The first-order valence-corrected chi connectivity index (χ1v) is 10.3. The highest BCUT2D eigenvalue weighted by Gasteiger charge is 2.51. The first-order chi connectivity index (χ1) is 12.7. The third-order valence-corrected chi connectivity index (χ3v) is 7.27. The topological polar surface area (TPSA) is 41.9 Å². The van der Waals surface area contributed by atoms with Gasteiger partial charge in [-0.3, -0.25) is 4.90 Å². The van der Waals surface area contributed by atoms with Crippen molar-refractivity contribution in [1.82, 2.24) is 4.90 Å². The molecular weight excluding hydrogens is 326 g/mol. The summed E-state index contributed by atoms with van der Waals surface area (Å²) in [5.41, 5.74) is 1.51. The van der Waals surface area contributed by atoms with E-state index in [2.05, 4.69) is 17.0 Å². The number of aliphatic hydroxyl groups is 1. The fourth-order valence-electron chi connectivity index (χ4n) is 5.85. The number of nitrogens with zero attached hydrogens (tertiary/aromatic N) is 1. The van der Waals surface area contributed by atoms with Crippen LogP contribution in [0.1, 0.15) is 56.9 Å². The van der Waals surface area contributed by atoms with Crippen molar-refractivity contribution in [2.24, 2.45) is 5.92 Å². The number of benzene rings is 1. The standard InChI is InChI=1S/C22H33NO3/c1-25-19-8-7-17(13-20(19)26-2)22-10-9-18(24)14-21(22)23(12-11-22)15-16-5-3-4-6-16/h7-8,13,16,18,21,24H,3-6,9-12,14-15H2,1-2H3/t18-,21-,22-/m0/s1. The number of hydrogen-bond acceptors (Lipinski definition) is 4. The van der Waals surface area contributed by atoms with Gasteiger partial charge in [-0.15, -0.1) is 0 Å². The van der Waals surface area contributed by atoms with E-state index in [1.54, 1.807) is 14.2 Å². The maximum Gasteiger partial charge on any atom is 0.161 e. The molecule has 0 spiro atoms.